The van der Waals surface area contributed by atoms with Gasteiger partial charge in [-0.15, -0.1) is 0 Å². The van der Waals surface area contributed by atoms with Gasteiger partial charge in [-0.25, -0.2) is 0 Å². The molecule has 1 rings (SSSR count). The van der Waals surface area contributed by atoms with Crippen LogP contribution >= 0.6 is 7.60 Å². The van der Waals surface area contributed by atoms with Crippen molar-refractivity contribution in [2.75, 3.05) is 40.3 Å². The molecule has 0 heterocycles. The van der Waals surface area contributed by atoms with Crippen LogP contribution in [0.4, 0.5) is 4.39 Å². The number of esters is 2. The smallest absolute Gasteiger partial charge is 0.330 e. The van der Waals surface area contributed by atoms with E-state index in [-0.39, 0.29) is 32.2 Å². The van der Waals surface area contributed by atoms with Crippen LogP contribution in [0.2, 0.25) is 0 Å². The number of ether oxygens (including phenoxy) is 2. The molecule has 0 saturated heterocycles. The van der Waals surface area contributed by atoms with Gasteiger partial charge in [-0.3, -0.25) is 18.5 Å². The highest BCUT2D eigenvalue weighted by Gasteiger charge is 2.58. The van der Waals surface area contributed by atoms with Gasteiger partial charge in [-0.05, 0) is 38.5 Å². The van der Waals surface area contributed by atoms with Gasteiger partial charge in [-0.1, -0.05) is 0 Å². The van der Waals surface area contributed by atoms with E-state index in [1.165, 1.54) is 0 Å². The first-order chi connectivity index (χ1) is 11.3. The van der Waals surface area contributed by atoms with E-state index in [2.05, 4.69) is 0 Å². The zero-order chi connectivity index (χ0) is 18.4. The predicted molar refractivity (Wildman–Crippen MR) is 84.4 cm³/mol. The largest absolute Gasteiger partial charge is 0.468 e. The Labute approximate surface area is 141 Å². The predicted octanol–water partition coefficient (Wildman–Crippen LogP) is 2.58. The Balaban J connectivity index is 3.09. The molecule has 1 aliphatic rings. The van der Waals surface area contributed by atoms with Gasteiger partial charge in [0.05, 0.1) is 40.3 Å². The van der Waals surface area contributed by atoms with Crippen LogP contribution in [0.25, 0.3) is 0 Å². The van der Waals surface area contributed by atoms with Crippen molar-refractivity contribution in [1.29, 1.82) is 0 Å². The van der Waals surface area contributed by atoms with Crippen molar-refractivity contribution in [3.8, 4) is 0 Å². The molecule has 1 saturated carbocycles. The summed E-state index contributed by atoms with van der Waals surface area (Å²) in [6.45, 7) is 2.98. The Bertz CT molecular complexity index is 470. The third kappa shape index (κ3) is 4.35. The SMILES string of the molecule is CCOP(=O)(C[C@H]1CC(C(=O)OC)(C(=O)OC)C[C@H]1CF)OCC. The number of rotatable bonds is 9. The molecule has 24 heavy (non-hydrogen) atoms. The van der Waals surface area contributed by atoms with E-state index in [9.17, 15) is 18.5 Å². The van der Waals surface area contributed by atoms with Crippen LogP contribution in [0.3, 0.4) is 0 Å². The number of carbonyl (C=O) groups is 2. The van der Waals surface area contributed by atoms with Gasteiger partial charge in [0.15, 0.2) is 5.41 Å². The molecule has 9 heteroatoms. The standard InChI is InChI=1S/C15H26FO7P/c1-5-22-24(19,23-6-2)10-12-8-15(13(17)20-3,14(18)21-4)7-11(12)9-16/h11-12H,5-10H2,1-4H3/t11-,12+/m0/s1. The van der Waals surface area contributed by atoms with Crippen LogP contribution in [0, 0.1) is 17.3 Å². The van der Waals surface area contributed by atoms with Crippen molar-refractivity contribution in [2.45, 2.75) is 26.7 Å². The molecule has 1 aliphatic carbocycles. The molecule has 0 radical (unpaired) electrons. The summed E-state index contributed by atoms with van der Waals surface area (Å²) in [5.74, 6) is -2.68. The fourth-order valence-electron chi connectivity index (χ4n) is 3.34. The third-order valence-electron chi connectivity index (χ3n) is 4.35. The average molecular weight is 368 g/mol. The zero-order valence-corrected chi connectivity index (χ0v) is 15.5. The average Bonchev–Trinajstić information content (AvgIpc) is 2.92. The first-order valence-electron chi connectivity index (χ1n) is 7.93. The molecular formula is C15H26FO7P. The second-order valence-corrected chi connectivity index (χ2v) is 7.88. The Morgan fingerprint density at radius 1 is 1.04 bits per heavy atom. The minimum Gasteiger partial charge on any atom is -0.468 e. The minimum atomic E-state index is -3.42. The molecule has 0 aromatic heterocycles. The minimum absolute atomic E-state index is 0.00886. The van der Waals surface area contributed by atoms with Gasteiger partial charge in [0.25, 0.3) is 0 Å². The van der Waals surface area contributed by atoms with E-state index in [4.69, 9.17) is 18.5 Å². The maximum Gasteiger partial charge on any atom is 0.330 e. The number of carbonyl (C=O) groups excluding carboxylic acids is 2. The van der Waals surface area contributed by atoms with Crippen LogP contribution in [0.5, 0.6) is 0 Å². The molecule has 0 N–H and O–H groups in total. The normalized spacial score (nSPS) is 23.0. The van der Waals surface area contributed by atoms with E-state index in [0.717, 1.165) is 14.2 Å². The maximum absolute atomic E-state index is 13.5. The Kier molecular flexibility index (Phi) is 7.83. The van der Waals surface area contributed by atoms with E-state index in [1.54, 1.807) is 13.8 Å². The topological polar surface area (TPSA) is 88.1 Å². The maximum atomic E-state index is 13.5. The number of hydrogen-bond acceptors (Lipinski definition) is 7. The van der Waals surface area contributed by atoms with Crippen molar-refractivity contribution < 1.29 is 37.1 Å². The van der Waals surface area contributed by atoms with Crippen LogP contribution in [-0.4, -0.2) is 52.2 Å². The summed E-state index contributed by atoms with van der Waals surface area (Å²) < 4.78 is 46.2. The molecule has 0 spiro atoms. The van der Waals surface area contributed by atoms with Crippen molar-refractivity contribution >= 4 is 19.5 Å². The van der Waals surface area contributed by atoms with Gasteiger partial charge >= 0.3 is 19.5 Å². The van der Waals surface area contributed by atoms with E-state index < -0.39 is 43.5 Å². The van der Waals surface area contributed by atoms with Crippen LogP contribution < -0.4 is 0 Å². The quantitative estimate of drug-likeness (QED) is 0.351. The molecule has 0 amide bonds. The molecule has 0 bridgehead atoms. The van der Waals surface area contributed by atoms with E-state index in [1.807, 2.05) is 0 Å². The van der Waals surface area contributed by atoms with Crippen molar-refractivity contribution in [1.82, 2.24) is 0 Å². The number of alkyl halides is 1. The fraction of sp³-hybridized carbons (Fsp3) is 0.867. The molecule has 7 nitrogen and oxygen atoms in total. The van der Waals surface area contributed by atoms with Gasteiger partial charge in [-0.2, -0.15) is 0 Å². The molecule has 0 aliphatic heterocycles. The van der Waals surface area contributed by atoms with Crippen molar-refractivity contribution in [3.05, 3.63) is 0 Å². The lowest BCUT2D eigenvalue weighted by Gasteiger charge is -2.24. The monoisotopic (exact) mass is 368 g/mol. The van der Waals surface area contributed by atoms with Gasteiger partial charge < -0.3 is 18.5 Å². The molecular weight excluding hydrogens is 342 g/mol. The highest BCUT2D eigenvalue weighted by molar-refractivity contribution is 7.53. The zero-order valence-electron chi connectivity index (χ0n) is 14.6. The summed E-state index contributed by atoms with van der Waals surface area (Å²) in [5.41, 5.74) is -1.58. The number of hydrogen-bond donors (Lipinski definition) is 0. The summed E-state index contributed by atoms with van der Waals surface area (Å²) in [6.07, 6.45) is -0.115. The molecule has 1 fully saturated rings. The summed E-state index contributed by atoms with van der Waals surface area (Å²) in [5, 5.41) is 0. The van der Waals surface area contributed by atoms with Crippen LogP contribution in [-0.2, 0) is 32.7 Å². The van der Waals surface area contributed by atoms with Crippen LogP contribution in [0.15, 0.2) is 0 Å². The highest BCUT2D eigenvalue weighted by Crippen LogP contribution is 2.56. The lowest BCUT2D eigenvalue weighted by Crippen LogP contribution is -2.39. The lowest BCUT2D eigenvalue weighted by molar-refractivity contribution is -0.169. The summed E-state index contributed by atoms with van der Waals surface area (Å²) in [6, 6.07) is 0. The van der Waals surface area contributed by atoms with Crippen molar-refractivity contribution in [2.24, 2.45) is 17.3 Å². The van der Waals surface area contributed by atoms with E-state index >= 15 is 0 Å². The molecule has 0 aromatic rings. The Morgan fingerprint density at radius 2 is 1.50 bits per heavy atom. The summed E-state index contributed by atoms with van der Waals surface area (Å²) >= 11 is 0. The summed E-state index contributed by atoms with van der Waals surface area (Å²) in [7, 11) is -1.10. The second-order valence-electron chi connectivity index (χ2n) is 5.78. The van der Waals surface area contributed by atoms with Crippen LogP contribution in [0.1, 0.15) is 26.7 Å². The fourth-order valence-corrected chi connectivity index (χ4v) is 5.41. The molecule has 2 atom stereocenters. The van der Waals surface area contributed by atoms with Gasteiger partial charge in [0, 0.05) is 0 Å². The molecule has 0 aromatic carbocycles. The van der Waals surface area contributed by atoms with Gasteiger partial charge in [0.1, 0.15) is 0 Å². The second kappa shape index (κ2) is 8.92. The van der Waals surface area contributed by atoms with Gasteiger partial charge in [0.2, 0.25) is 0 Å². The first kappa shape index (κ1) is 21.1. The Morgan fingerprint density at radius 3 is 1.88 bits per heavy atom. The Hall–Kier alpha value is -0.980. The molecule has 0 unspecified atom stereocenters. The third-order valence-corrected chi connectivity index (χ3v) is 6.57. The number of methoxy groups -OCH3 is 2. The van der Waals surface area contributed by atoms with E-state index in [0.29, 0.717) is 0 Å². The van der Waals surface area contributed by atoms with Crippen molar-refractivity contribution in [3.63, 3.8) is 0 Å². The molecule has 140 valence electrons. The number of halogens is 1. The summed E-state index contributed by atoms with van der Waals surface area (Å²) in [4.78, 5) is 24.4. The highest BCUT2D eigenvalue weighted by atomic mass is 31.2. The first-order valence-corrected chi connectivity index (χ1v) is 9.66. The lowest BCUT2D eigenvalue weighted by atomic mass is 9.85.